The SMILES string of the molecule is CCCOc1cccc(Sc2ncccc2Cl)c1N. The van der Waals surface area contributed by atoms with Crippen molar-refractivity contribution in [3.05, 3.63) is 41.6 Å². The molecular formula is C14H15ClN2OS. The monoisotopic (exact) mass is 294 g/mol. The van der Waals surface area contributed by atoms with Crippen molar-refractivity contribution in [2.24, 2.45) is 0 Å². The fraction of sp³-hybridized carbons (Fsp3) is 0.214. The Kier molecular flexibility index (Phi) is 4.93. The zero-order valence-corrected chi connectivity index (χ0v) is 12.2. The van der Waals surface area contributed by atoms with Crippen LogP contribution in [0.2, 0.25) is 5.02 Å². The van der Waals surface area contributed by atoms with E-state index in [-0.39, 0.29) is 0 Å². The molecule has 0 amide bonds. The number of aromatic nitrogens is 1. The number of anilines is 1. The number of halogens is 1. The largest absolute Gasteiger partial charge is 0.491 e. The van der Waals surface area contributed by atoms with Crippen LogP contribution < -0.4 is 10.5 Å². The first-order chi connectivity index (χ1) is 9.22. The predicted molar refractivity (Wildman–Crippen MR) is 80.0 cm³/mol. The summed E-state index contributed by atoms with van der Waals surface area (Å²) in [5.41, 5.74) is 6.73. The summed E-state index contributed by atoms with van der Waals surface area (Å²) in [5, 5.41) is 1.36. The van der Waals surface area contributed by atoms with Crippen LogP contribution in [0, 0.1) is 0 Å². The fourth-order valence-electron chi connectivity index (χ4n) is 1.50. The standard InChI is InChI=1S/C14H15ClN2OS/c1-2-9-18-11-6-3-7-12(13(11)16)19-14-10(15)5-4-8-17-14/h3-8H,2,9,16H2,1H3. The van der Waals surface area contributed by atoms with E-state index in [0.717, 1.165) is 16.3 Å². The lowest BCUT2D eigenvalue weighted by Gasteiger charge is -2.11. The van der Waals surface area contributed by atoms with Crippen LogP contribution in [0.15, 0.2) is 46.5 Å². The van der Waals surface area contributed by atoms with E-state index in [1.54, 1.807) is 12.3 Å². The van der Waals surface area contributed by atoms with Gasteiger partial charge in [0.25, 0.3) is 0 Å². The highest BCUT2D eigenvalue weighted by atomic mass is 35.5. The van der Waals surface area contributed by atoms with Crippen molar-refractivity contribution < 1.29 is 4.74 Å². The van der Waals surface area contributed by atoms with Crippen molar-refractivity contribution in [1.29, 1.82) is 0 Å². The molecule has 0 radical (unpaired) electrons. The van der Waals surface area contributed by atoms with Gasteiger partial charge in [-0.1, -0.05) is 36.4 Å². The minimum atomic E-state index is 0.617. The van der Waals surface area contributed by atoms with E-state index in [2.05, 4.69) is 11.9 Å². The van der Waals surface area contributed by atoms with Gasteiger partial charge in [-0.25, -0.2) is 4.98 Å². The number of rotatable bonds is 5. The molecule has 1 aromatic carbocycles. The van der Waals surface area contributed by atoms with E-state index < -0.39 is 0 Å². The van der Waals surface area contributed by atoms with Crippen LogP contribution in [-0.2, 0) is 0 Å². The summed E-state index contributed by atoms with van der Waals surface area (Å²) in [7, 11) is 0. The third-order valence-electron chi connectivity index (χ3n) is 2.42. The number of hydrogen-bond acceptors (Lipinski definition) is 4. The summed E-state index contributed by atoms with van der Waals surface area (Å²) in [4.78, 5) is 5.14. The summed E-state index contributed by atoms with van der Waals surface area (Å²) in [6.45, 7) is 2.71. The quantitative estimate of drug-likeness (QED) is 0.837. The zero-order valence-electron chi connectivity index (χ0n) is 10.6. The molecular weight excluding hydrogens is 280 g/mol. The molecule has 0 bridgehead atoms. The number of benzene rings is 1. The Morgan fingerprint density at radius 3 is 2.89 bits per heavy atom. The van der Waals surface area contributed by atoms with Gasteiger partial charge in [-0.3, -0.25) is 0 Å². The van der Waals surface area contributed by atoms with E-state index in [1.165, 1.54) is 11.8 Å². The first kappa shape index (κ1) is 14.0. The van der Waals surface area contributed by atoms with Gasteiger partial charge in [-0.2, -0.15) is 0 Å². The van der Waals surface area contributed by atoms with Gasteiger partial charge in [0.05, 0.1) is 17.3 Å². The summed E-state index contributed by atoms with van der Waals surface area (Å²) >= 11 is 7.53. The Morgan fingerprint density at radius 2 is 2.16 bits per heavy atom. The molecule has 2 aromatic rings. The molecule has 3 nitrogen and oxygen atoms in total. The Bertz CT molecular complexity index is 563. The maximum Gasteiger partial charge on any atom is 0.143 e. The number of nitrogen functional groups attached to an aromatic ring is 1. The van der Waals surface area contributed by atoms with Crippen LogP contribution in [0.1, 0.15) is 13.3 Å². The average Bonchev–Trinajstić information content (AvgIpc) is 2.42. The van der Waals surface area contributed by atoms with E-state index in [1.807, 2.05) is 24.3 Å². The molecule has 1 heterocycles. The van der Waals surface area contributed by atoms with Gasteiger partial charge >= 0.3 is 0 Å². The molecule has 0 aliphatic carbocycles. The van der Waals surface area contributed by atoms with E-state index in [9.17, 15) is 0 Å². The number of nitrogens with two attached hydrogens (primary N) is 1. The Labute approximate surface area is 122 Å². The van der Waals surface area contributed by atoms with Gasteiger partial charge in [0.15, 0.2) is 0 Å². The third kappa shape index (κ3) is 3.55. The number of nitrogens with zero attached hydrogens (tertiary/aromatic N) is 1. The van der Waals surface area contributed by atoms with Crippen LogP contribution in [-0.4, -0.2) is 11.6 Å². The summed E-state index contributed by atoms with van der Waals surface area (Å²) < 4.78 is 5.60. The maximum absolute atomic E-state index is 6.11. The lowest BCUT2D eigenvalue weighted by atomic mass is 10.3. The van der Waals surface area contributed by atoms with Gasteiger partial charge in [0, 0.05) is 11.1 Å². The molecule has 2 N–H and O–H groups in total. The molecule has 5 heteroatoms. The maximum atomic E-state index is 6.11. The number of para-hydroxylation sites is 1. The van der Waals surface area contributed by atoms with Crippen molar-refractivity contribution in [1.82, 2.24) is 4.98 Å². The normalized spacial score (nSPS) is 10.4. The molecule has 2 rings (SSSR count). The second kappa shape index (κ2) is 6.68. The molecule has 0 unspecified atom stereocenters. The second-order valence-corrected chi connectivity index (χ2v) is 5.35. The fourth-order valence-corrected chi connectivity index (χ4v) is 2.58. The Balaban J connectivity index is 2.23. The van der Waals surface area contributed by atoms with Crippen molar-refractivity contribution in [2.45, 2.75) is 23.3 Å². The van der Waals surface area contributed by atoms with Gasteiger partial charge in [-0.15, -0.1) is 0 Å². The van der Waals surface area contributed by atoms with Crippen LogP contribution in [0.4, 0.5) is 5.69 Å². The molecule has 0 atom stereocenters. The highest BCUT2D eigenvalue weighted by molar-refractivity contribution is 7.99. The minimum Gasteiger partial charge on any atom is -0.491 e. The molecule has 0 saturated heterocycles. The average molecular weight is 295 g/mol. The van der Waals surface area contributed by atoms with Crippen molar-refractivity contribution in [2.75, 3.05) is 12.3 Å². The molecule has 0 spiro atoms. The summed E-state index contributed by atoms with van der Waals surface area (Å²) in [6, 6.07) is 9.33. The molecule has 1 aromatic heterocycles. The number of hydrogen-bond donors (Lipinski definition) is 1. The summed E-state index contributed by atoms with van der Waals surface area (Å²) in [5.74, 6) is 0.707. The van der Waals surface area contributed by atoms with Crippen LogP contribution in [0.25, 0.3) is 0 Å². The predicted octanol–water partition coefficient (Wildman–Crippen LogP) is 4.26. The van der Waals surface area contributed by atoms with Crippen LogP contribution in [0.3, 0.4) is 0 Å². The van der Waals surface area contributed by atoms with E-state index in [4.69, 9.17) is 22.1 Å². The van der Waals surface area contributed by atoms with Gasteiger partial charge in [0.1, 0.15) is 10.8 Å². The second-order valence-electron chi connectivity index (χ2n) is 3.91. The molecule has 0 fully saturated rings. The molecule has 19 heavy (non-hydrogen) atoms. The Morgan fingerprint density at radius 1 is 1.32 bits per heavy atom. The first-order valence-electron chi connectivity index (χ1n) is 6.02. The molecule has 0 aliphatic heterocycles. The molecule has 0 aliphatic rings. The smallest absolute Gasteiger partial charge is 0.143 e. The van der Waals surface area contributed by atoms with Gasteiger partial charge < -0.3 is 10.5 Å². The van der Waals surface area contributed by atoms with E-state index in [0.29, 0.717) is 23.1 Å². The first-order valence-corrected chi connectivity index (χ1v) is 7.21. The highest BCUT2D eigenvalue weighted by Gasteiger charge is 2.10. The lowest BCUT2D eigenvalue weighted by molar-refractivity contribution is 0.318. The van der Waals surface area contributed by atoms with Crippen LogP contribution in [0.5, 0.6) is 5.75 Å². The van der Waals surface area contributed by atoms with Gasteiger partial charge in [0.2, 0.25) is 0 Å². The van der Waals surface area contributed by atoms with Crippen molar-refractivity contribution in [3.63, 3.8) is 0 Å². The third-order valence-corrected chi connectivity index (χ3v) is 3.93. The van der Waals surface area contributed by atoms with Gasteiger partial charge in [-0.05, 0) is 30.7 Å². The van der Waals surface area contributed by atoms with Crippen LogP contribution >= 0.6 is 23.4 Å². The summed E-state index contributed by atoms with van der Waals surface area (Å²) in [6.07, 6.45) is 2.66. The zero-order chi connectivity index (χ0) is 13.7. The lowest BCUT2D eigenvalue weighted by Crippen LogP contribution is -2.00. The Hall–Kier alpha value is -1.39. The molecule has 100 valence electrons. The minimum absolute atomic E-state index is 0.617. The highest BCUT2D eigenvalue weighted by Crippen LogP contribution is 2.38. The number of pyridine rings is 1. The number of ether oxygens (including phenoxy) is 1. The molecule has 0 saturated carbocycles. The van der Waals surface area contributed by atoms with Crippen molar-refractivity contribution in [3.8, 4) is 5.75 Å². The van der Waals surface area contributed by atoms with E-state index >= 15 is 0 Å². The topological polar surface area (TPSA) is 48.1 Å². The van der Waals surface area contributed by atoms with Crippen molar-refractivity contribution >= 4 is 29.1 Å².